The second-order valence-corrected chi connectivity index (χ2v) is 4.08. The van der Waals surface area contributed by atoms with Gasteiger partial charge in [0.2, 0.25) is 5.91 Å². The van der Waals surface area contributed by atoms with Crippen LogP contribution in [-0.2, 0) is 11.3 Å². The lowest BCUT2D eigenvalue weighted by molar-refractivity contribution is -0.118. The van der Waals surface area contributed by atoms with Crippen molar-refractivity contribution in [2.24, 2.45) is 5.92 Å². The number of halogens is 1. The van der Waals surface area contributed by atoms with Gasteiger partial charge < -0.3 is 10.6 Å². The highest BCUT2D eigenvalue weighted by atomic mass is 35.5. The maximum absolute atomic E-state index is 11.6. The first-order valence-corrected chi connectivity index (χ1v) is 5.74. The Morgan fingerprint density at radius 1 is 1.29 bits per heavy atom. The highest BCUT2D eigenvalue weighted by molar-refractivity contribution is 5.92. The molecule has 3 nitrogen and oxygen atoms in total. The van der Waals surface area contributed by atoms with Crippen molar-refractivity contribution >= 4 is 24.0 Å². The summed E-state index contributed by atoms with van der Waals surface area (Å²) < 4.78 is 0. The van der Waals surface area contributed by atoms with E-state index in [1.54, 1.807) is 0 Å². The standard InChI is InChI=1S/C13H20N2O.ClH/c1-4-14-9-11-7-5-6-8-12(11)15-13(16)10(2)3;/h5-8,10,14H,4,9H2,1-3H3,(H,15,16);1H. The average molecular weight is 257 g/mol. The maximum Gasteiger partial charge on any atom is 0.226 e. The van der Waals surface area contributed by atoms with E-state index in [0.29, 0.717) is 0 Å². The van der Waals surface area contributed by atoms with Crippen LogP contribution in [0, 0.1) is 5.92 Å². The summed E-state index contributed by atoms with van der Waals surface area (Å²) in [5.41, 5.74) is 2.03. The van der Waals surface area contributed by atoms with Crippen LogP contribution < -0.4 is 10.6 Å². The molecule has 0 aliphatic heterocycles. The number of para-hydroxylation sites is 1. The van der Waals surface area contributed by atoms with E-state index in [9.17, 15) is 4.79 Å². The first kappa shape index (κ1) is 15.9. The number of rotatable bonds is 5. The molecule has 0 fully saturated rings. The fraction of sp³-hybridized carbons (Fsp3) is 0.462. The summed E-state index contributed by atoms with van der Waals surface area (Å²) in [6.45, 7) is 7.55. The van der Waals surface area contributed by atoms with E-state index in [4.69, 9.17) is 0 Å². The van der Waals surface area contributed by atoms with Gasteiger partial charge in [-0.3, -0.25) is 4.79 Å². The molecule has 0 atom stereocenters. The third kappa shape index (κ3) is 5.20. The molecule has 0 unspecified atom stereocenters. The van der Waals surface area contributed by atoms with Crippen molar-refractivity contribution in [1.29, 1.82) is 0 Å². The fourth-order valence-electron chi connectivity index (χ4n) is 1.33. The van der Waals surface area contributed by atoms with Gasteiger partial charge in [0.1, 0.15) is 0 Å². The quantitative estimate of drug-likeness (QED) is 0.851. The number of anilines is 1. The molecule has 0 heterocycles. The van der Waals surface area contributed by atoms with Crippen LogP contribution in [0.3, 0.4) is 0 Å². The molecule has 0 saturated carbocycles. The van der Waals surface area contributed by atoms with Crippen LogP contribution in [-0.4, -0.2) is 12.5 Å². The summed E-state index contributed by atoms with van der Waals surface area (Å²) >= 11 is 0. The second-order valence-electron chi connectivity index (χ2n) is 4.08. The number of amides is 1. The molecule has 2 N–H and O–H groups in total. The predicted octanol–water partition coefficient (Wildman–Crippen LogP) is 2.81. The van der Waals surface area contributed by atoms with E-state index in [0.717, 1.165) is 24.3 Å². The molecule has 1 rings (SSSR count). The Kier molecular flexibility index (Phi) is 7.59. The first-order chi connectivity index (χ1) is 7.65. The van der Waals surface area contributed by atoms with Gasteiger partial charge in [0.25, 0.3) is 0 Å². The Balaban J connectivity index is 0.00000256. The van der Waals surface area contributed by atoms with Crippen LogP contribution >= 0.6 is 12.4 Å². The molecular weight excluding hydrogens is 236 g/mol. The number of carbonyl (C=O) groups is 1. The highest BCUT2D eigenvalue weighted by Crippen LogP contribution is 2.15. The molecule has 1 amide bonds. The summed E-state index contributed by atoms with van der Waals surface area (Å²) in [5.74, 6) is 0.0659. The van der Waals surface area contributed by atoms with Gasteiger partial charge in [-0.2, -0.15) is 0 Å². The van der Waals surface area contributed by atoms with Crippen molar-refractivity contribution in [3.8, 4) is 0 Å². The molecule has 0 aliphatic carbocycles. The Labute approximate surface area is 109 Å². The lowest BCUT2D eigenvalue weighted by Gasteiger charge is -2.12. The smallest absolute Gasteiger partial charge is 0.226 e. The van der Waals surface area contributed by atoms with Crippen LogP contribution in [0.2, 0.25) is 0 Å². The second kappa shape index (κ2) is 8.09. The summed E-state index contributed by atoms with van der Waals surface area (Å²) in [6.07, 6.45) is 0. The third-order valence-electron chi connectivity index (χ3n) is 2.37. The highest BCUT2D eigenvalue weighted by Gasteiger charge is 2.09. The molecular formula is C13H21ClN2O. The Morgan fingerprint density at radius 2 is 1.94 bits per heavy atom. The van der Waals surface area contributed by atoms with E-state index < -0.39 is 0 Å². The molecule has 17 heavy (non-hydrogen) atoms. The van der Waals surface area contributed by atoms with Crippen molar-refractivity contribution in [3.05, 3.63) is 29.8 Å². The molecule has 1 aromatic rings. The van der Waals surface area contributed by atoms with Crippen LogP contribution in [0.5, 0.6) is 0 Å². The number of hydrogen-bond donors (Lipinski definition) is 2. The van der Waals surface area contributed by atoms with Gasteiger partial charge in [-0.15, -0.1) is 12.4 Å². The lowest BCUT2D eigenvalue weighted by Crippen LogP contribution is -2.20. The number of nitrogens with one attached hydrogen (secondary N) is 2. The molecule has 0 radical (unpaired) electrons. The molecule has 0 aromatic heterocycles. The minimum absolute atomic E-state index is 0. The Morgan fingerprint density at radius 3 is 2.53 bits per heavy atom. The predicted molar refractivity (Wildman–Crippen MR) is 74.5 cm³/mol. The fourth-order valence-corrected chi connectivity index (χ4v) is 1.33. The van der Waals surface area contributed by atoms with Crippen molar-refractivity contribution in [2.75, 3.05) is 11.9 Å². The van der Waals surface area contributed by atoms with Gasteiger partial charge in [0, 0.05) is 18.2 Å². The average Bonchev–Trinajstić information content (AvgIpc) is 2.27. The molecule has 1 aromatic carbocycles. The van der Waals surface area contributed by atoms with Crippen LogP contribution in [0.15, 0.2) is 24.3 Å². The zero-order valence-electron chi connectivity index (χ0n) is 10.6. The molecule has 0 spiro atoms. The molecule has 0 aliphatic rings. The van der Waals surface area contributed by atoms with E-state index >= 15 is 0 Å². The van der Waals surface area contributed by atoms with E-state index in [2.05, 4.69) is 17.6 Å². The molecule has 4 heteroatoms. The van der Waals surface area contributed by atoms with E-state index in [1.807, 2.05) is 38.1 Å². The largest absolute Gasteiger partial charge is 0.326 e. The SMILES string of the molecule is CCNCc1ccccc1NC(=O)C(C)C.Cl. The molecule has 0 bridgehead atoms. The van der Waals surface area contributed by atoms with Gasteiger partial charge in [-0.1, -0.05) is 39.0 Å². The molecule has 0 saturated heterocycles. The van der Waals surface area contributed by atoms with Gasteiger partial charge in [-0.05, 0) is 18.2 Å². The summed E-state index contributed by atoms with van der Waals surface area (Å²) in [4.78, 5) is 11.6. The van der Waals surface area contributed by atoms with E-state index in [1.165, 1.54) is 0 Å². The number of benzene rings is 1. The zero-order valence-corrected chi connectivity index (χ0v) is 11.4. The summed E-state index contributed by atoms with van der Waals surface area (Å²) in [7, 11) is 0. The van der Waals surface area contributed by atoms with Gasteiger partial charge in [0.15, 0.2) is 0 Å². The monoisotopic (exact) mass is 256 g/mol. The minimum atomic E-state index is 0. The van der Waals surface area contributed by atoms with Crippen molar-refractivity contribution < 1.29 is 4.79 Å². The van der Waals surface area contributed by atoms with Crippen molar-refractivity contribution in [2.45, 2.75) is 27.3 Å². The first-order valence-electron chi connectivity index (χ1n) is 5.74. The van der Waals surface area contributed by atoms with Crippen LogP contribution in [0.1, 0.15) is 26.3 Å². The normalized spacial score (nSPS) is 9.88. The Hall–Kier alpha value is -1.06. The van der Waals surface area contributed by atoms with Gasteiger partial charge >= 0.3 is 0 Å². The number of hydrogen-bond acceptors (Lipinski definition) is 2. The van der Waals surface area contributed by atoms with Gasteiger partial charge in [-0.25, -0.2) is 0 Å². The summed E-state index contributed by atoms with van der Waals surface area (Å²) in [6, 6.07) is 7.88. The zero-order chi connectivity index (χ0) is 12.0. The van der Waals surface area contributed by atoms with Crippen molar-refractivity contribution in [1.82, 2.24) is 5.32 Å². The van der Waals surface area contributed by atoms with Crippen LogP contribution in [0.4, 0.5) is 5.69 Å². The maximum atomic E-state index is 11.6. The van der Waals surface area contributed by atoms with Crippen molar-refractivity contribution in [3.63, 3.8) is 0 Å². The number of carbonyl (C=O) groups excluding carboxylic acids is 1. The minimum Gasteiger partial charge on any atom is -0.326 e. The lowest BCUT2D eigenvalue weighted by atomic mass is 10.1. The molecule has 96 valence electrons. The summed E-state index contributed by atoms with van der Waals surface area (Å²) in [5, 5.41) is 6.20. The third-order valence-corrected chi connectivity index (χ3v) is 2.37. The van der Waals surface area contributed by atoms with Crippen LogP contribution in [0.25, 0.3) is 0 Å². The Bertz CT molecular complexity index is 353. The van der Waals surface area contributed by atoms with E-state index in [-0.39, 0.29) is 24.2 Å². The topological polar surface area (TPSA) is 41.1 Å². The van der Waals surface area contributed by atoms with Gasteiger partial charge in [0.05, 0.1) is 0 Å².